The van der Waals surface area contributed by atoms with Crippen molar-refractivity contribution in [3.05, 3.63) is 82.3 Å². The second-order valence-corrected chi connectivity index (χ2v) is 10.6. The van der Waals surface area contributed by atoms with Gasteiger partial charge in [0.25, 0.3) is 0 Å². The van der Waals surface area contributed by atoms with E-state index in [1.54, 1.807) is 19.2 Å². The molecule has 0 fully saturated rings. The molecule has 0 bridgehead atoms. The van der Waals surface area contributed by atoms with Crippen molar-refractivity contribution in [2.24, 2.45) is 0 Å². The summed E-state index contributed by atoms with van der Waals surface area (Å²) in [6, 6.07) is 11.5. The largest absolute Gasteiger partial charge is 0.493 e. The number of ether oxygens (including phenoxy) is 2. The van der Waals surface area contributed by atoms with Crippen LogP contribution in [-0.4, -0.2) is 12.1 Å². The van der Waals surface area contributed by atoms with Crippen molar-refractivity contribution in [3.8, 4) is 23.6 Å². The summed E-state index contributed by atoms with van der Waals surface area (Å²) < 4.78 is 13.1. The third-order valence-corrected chi connectivity index (χ3v) is 8.91. The summed E-state index contributed by atoms with van der Waals surface area (Å²) in [5.41, 5.74) is 11.7. The first-order valence-corrected chi connectivity index (χ1v) is 13.1. The zero-order valence-electron chi connectivity index (χ0n) is 19.8. The number of halogens is 4. The van der Waals surface area contributed by atoms with Crippen LogP contribution in [0.5, 0.6) is 11.5 Å². The number of methoxy groups -OCH3 is 1. The highest BCUT2D eigenvalue weighted by molar-refractivity contribution is 9.13. The number of anilines is 1. The minimum Gasteiger partial charge on any atom is -0.493 e. The first-order valence-electron chi connectivity index (χ1n) is 10.8. The van der Waals surface area contributed by atoms with Crippen molar-refractivity contribution in [2.75, 3.05) is 12.8 Å². The number of pyridine rings is 1. The van der Waals surface area contributed by atoms with Gasteiger partial charge < -0.3 is 15.2 Å². The molecule has 1 aliphatic carbocycles. The van der Waals surface area contributed by atoms with E-state index in [0.29, 0.717) is 58.4 Å². The van der Waals surface area contributed by atoms with E-state index >= 15 is 0 Å². The molecule has 37 heavy (non-hydrogen) atoms. The number of allylic oxidation sites excluding steroid dienone is 3. The van der Waals surface area contributed by atoms with Gasteiger partial charge >= 0.3 is 0 Å². The lowest BCUT2D eigenvalue weighted by molar-refractivity contribution is 0.282. The summed E-state index contributed by atoms with van der Waals surface area (Å²) in [6.07, 6.45) is 1.92. The Kier molecular flexibility index (Phi) is 7.87. The van der Waals surface area contributed by atoms with E-state index in [4.69, 9.17) is 38.4 Å². The average molecular weight is 661 g/mol. The minimum atomic E-state index is 0.106. The lowest BCUT2D eigenvalue weighted by Crippen LogP contribution is -2.04. The standard InChI is InChI=1S/C27H18Br2Cl2N4O2/c1-12-16(22-13(2)18(10-33)27(34)35-25(22)17(12)9-32)7-15-8-21(36-3)26(24(29)23(15)28)37-11-14-4-5-19(30)20(31)6-14/h4-8H,11H2,1-3H3,(H2,34,35)/b16-7-. The third kappa shape index (κ3) is 4.83. The molecule has 4 rings (SSSR count). The second kappa shape index (κ2) is 10.8. The maximum Gasteiger partial charge on any atom is 0.177 e. The maximum absolute atomic E-state index is 9.83. The number of nitrogens with zero attached hydrogens (tertiary/aromatic N) is 3. The molecule has 10 heteroatoms. The van der Waals surface area contributed by atoms with Gasteiger partial charge in [0.05, 0.1) is 38.5 Å². The minimum absolute atomic E-state index is 0.106. The van der Waals surface area contributed by atoms with Gasteiger partial charge in [0.1, 0.15) is 24.6 Å². The molecule has 1 aromatic heterocycles. The van der Waals surface area contributed by atoms with Gasteiger partial charge in [-0.25, -0.2) is 4.98 Å². The summed E-state index contributed by atoms with van der Waals surface area (Å²) >= 11 is 19.4. The fourth-order valence-corrected chi connectivity index (χ4v) is 5.40. The lowest BCUT2D eigenvalue weighted by Gasteiger charge is -2.17. The molecule has 1 aliphatic rings. The van der Waals surface area contributed by atoms with E-state index in [2.05, 4.69) is 49.0 Å². The Hall–Kier alpha value is -3.01. The molecule has 0 unspecified atom stereocenters. The maximum atomic E-state index is 9.83. The molecule has 0 saturated carbocycles. The number of aromatic nitrogens is 1. The van der Waals surface area contributed by atoms with Crippen molar-refractivity contribution in [2.45, 2.75) is 20.5 Å². The molecular weight excluding hydrogens is 643 g/mol. The van der Waals surface area contributed by atoms with E-state index in [1.807, 2.05) is 32.1 Å². The van der Waals surface area contributed by atoms with Gasteiger partial charge in [-0.05, 0) is 97.8 Å². The van der Waals surface area contributed by atoms with Crippen LogP contribution in [0.3, 0.4) is 0 Å². The third-order valence-electron chi connectivity index (χ3n) is 6.03. The molecule has 0 aliphatic heterocycles. The number of benzene rings is 2. The molecule has 0 saturated heterocycles. The number of hydrogen-bond acceptors (Lipinski definition) is 6. The Bertz CT molecular complexity index is 1620. The number of nitrogens with two attached hydrogens (primary N) is 1. The van der Waals surface area contributed by atoms with Gasteiger partial charge in [0.15, 0.2) is 11.5 Å². The van der Waals surface area contributed by atoms with Crippen LogP contribution in [0, 0.1) is 29.6 Å². The molecule has 0 spiro atoms. The summed E-state index contributed by atoms with van der Waals surface area (Å²) in [6.45, 7) is 3.90. The van der Waals surface area contributed by atoms with Gasteiger partial charge in [-0.1, -0.05) is 29.3 Å². The quantitative estimate of drug-likeness (QED) is 0.296. The van der Waals surface area contributed by atoms with Crippen molar-refractivity contribution >= 4 is 78.1 Å². The van der Waals surface area contributed by atoms with Gasteiger partial charge in [-0.3, -0.25) is 0 Å². The monoisotopic (exact) mass is 658 g/mol. The predicted octanol–water partition coefficient (Wildman–Crippen LogP) is 8.11. The smallest absolute Gasteiger partial charge is 0.177 e. The number of rotatable bonds is 5. The van der Waals surface area contributed by atoms with Gasteiger partial charge in [-0.15, -0.1) is 0 Å². The fourth-order valence-electron chi connectivity index (χ4n) is 4.13. The highest BCUT2D eigenvalue weighted by Gasteiger charge is 2.30. The van der Waals surface area contributed by atoms with Crippen LogP contribution in [0.2, 0.25) is 10.0 Å². The van der Waals surface area contributed by atoms with Crippen molar-refractivity contribution in [3.63, 3.8) is 0 Å². The number of fused-ring (bicyclic) bond motifs is 1. The van der Waals surface area contributed by atoms with Crippen LogP contribution in [0.25, 0.3) is 17.2 Å². The molecule has 1 heterocycles. The van der Waals surface area contributed by atoms with E-state index in [1.165, 1.54) is 0 Å². The normalized spacial score (nSPS) is 13.4. The molecule has 3 aromatic rings. The molecule has 0 atom stereocenters. The summed E-state index contributed by atoms with van der Waals surface area (Å²) in [7, 11) is 1.55. The topological polar surface area (TPSA) is 105 Å². The summed E-state index contributed by atoms with van der Waals surface area (Å²) in [5.74, 6) is 1.10. The zero-order valence-corrected chi connectivity index (χ0v) is 24.5. The number of nitriles is 2. The summed E-state index contributed by atoms with van der Waals surface area (Å²) in [4.78, 5) is 4.38. The van der Waals surface area contributed by atoms with Crippen molar-refractivity contribution < 1.29 is 9.47 Å². The predicted molar refractivity (Wildman–Crippen MR) is 153 cm³/mol. The second-order valence-electron chi connectivity index (χ2n) is 8.16. The fraction of sp³-hybridized carbons (Fsp3) is 0.148. The summed E-state index contributed by atoms with van der Waals surface area (Å²) in [5, 5.41) is 20.4. The van der Waals surface area contributed by atoms with Crippen LogP contribution in [0.4, 0.5) is 5.82 Å². The SMILES string of the molecule is COc1cc(/C=C2/C(C)=C(C#N)c3nc(N)c(C#N)c(C)c32)c(Br)c(Br)c1OCc1ccc(Cl)c(Cl)c1. The van der Waals surface area contributed by atoms with E-state index in [-0.39, 0.29) is 12.4 Å². The first kappa shape index (κ1) is 27.0. The van der Waals surface area contributed by atoms with Crippen LogP contribution in [-0.2, 0) is 6.61 Å². The molecule has 2 aromatic carbocycles. The average Bonchev–Trinajstić information content (AvgIpc) is 3.13. The Morgan fingerprint density at radius 1 is 1.08 bits per heavy atom. The Labute approximate surface area is 241 Å². The Morgan fingerprint density at radius 3 is 2.43 bits per heavy atom. The van der Waals surface area contributed by atoms with E-state index in [0.717, 1.165) is 22.3 Å². The highest BCUT2D eigenvalue weighted by Crippen LogP contribution is 2.48. The first-order chi connectivity index (χ1) is 17.6. The Balaban J connectivity index is 1.82. The molecule has 186 valence electrons. The zero-order chi connectivity index (χ0) is 27.0. The van der Waals surface area contributed by atoms with Gasteiger partial charge in [-0.2, -0.15) is 10.5 Å². The molecule has 6 nitrogen and oxygen atoms in total. The number of hydrogen-bond donors (Lipinski definition) is 1. The number of nitrogen functional groups attached to an aromatic ring is 1. The lowest BCUT2D eigenvalue weighted by atomic mass is 9.95. The van der Waals surface area contributed by atoms with Gasteiger partial charge in [0.2, 0.25) is 0 Å². The van der Waals surface area contributed by atoms with Crippen LogP contribution in [0.15, 0.2) is 38.8 Å². The van der Waals surface area contributed by atoms with E-state index < -0.39 is 0 Å². The van der Waals surface area contributed by atoms with Gasteiger partial charge in [0, 0.05) is 10.0 Å². The van der Waals surface area contributed by atoms with Crippen molar-refractivity contribution in [1.82, 2.24) is 4.98 Å². The molecule has 0 amide bonds. The highest BCUT2D eigenvalue weighted by atomic mass is 79.9. The van der Waals surface area contributed by atoms with Crippen LogP contribution in [0.1, 0.15) is 40.4 Å². The molecular formula is C27H18Br2Cl2N4O2. The van der Waals surface area contributed by atoms with Crippen LogP contribution >= 0.6 is 55.1 Å². The van der Waals surface area contributed by atoms with Crippen molar-refractivity contribution in [1.29, 1.82) is 10.5 Å². The Morgan fingerprint density at radius 2 is 1.81 bits per heavy atom. The van der Waals surface area contributed by atoms with Crippen LogP contribution < -0.4 is 15.2 Å². The van der Waals surface area contributed by atoms with E-state index in [9.17, 15) is 10.5 Å². The molecule has 0 radical (unpaired) electrons. The molecule has 2 N–H and O–H groups in total.